The summed E-state index contributed by atoms with van der Waals surface area (Å²) < 4.78 is 0. The fraction of sp³-hybridized carbons (Fsp3) is 0.923. The van der Waals surface area contributed by atoms with E-state index in [-0.39, 0.29) is 6.04 Å². The second kappa shape index (κ2) is 4.94. The first-order valence-corrected chi connectivity index (χ1v) is 7.06. The van der Waals surface area contributed by atoms with E-state index in [0.717, 1.165) is 44.6 Å². The van der Waals surface area contributed by atoms with Gasteiger partial charge in [-0.05, 0) is 31.1 Å². The molecule has 96 valence electrons. The van der Waals surface area contributed by atoms with Crippen molar-refractivity contribution in [3.8, 4) is 0 Å². The third-order valence-electron chi connectivity index (χ3n) is 4.50. The van der Waals surface area contributed by atoms with Crippen LogP contribution in [0.2, 0.25) is 0 Å². The van der Waals surface area contributed by atoms with Gasteiger partial charge in [-0.25, -0.2) is 0 Å². The SMILES string of the molecule is O=C(C1CNCCN1)N1CC2CCCC(C2)C1. The quantitative estimate of drug-likeness (QED) is 0.684. The molecule has 3 fully saturated rings. The molecule has 3 rings (SSSR count). The van der Waals surface area contributed by atoms with E-state index in [2.05, 4.69) is 15.5 Å². The number of likely N-dealkylation sites (tertiary alicyclic amines) is 1. The molecule has 3 atom stereocenters. The zero-order chi connectivity index (χ0) is 11.7. The Morgan fingerprint density at radius 3 is 2.53 bits per heavy atom. The highest BCUT2D eigenvalue weighted by Gasteiger charge is 2.35. The predicted molar refractivity (Wildman–Crippen MR) is 66.7 cm³/mol. The molecule has 0 radical (unpaired) electrons. The van der Waals surface area contributed by atoms with Crippen LogP contribution in [0.5, 0.6) is 0 Å². The Hall–Kier alpha value is -0.610. The van der Waals surface area contributed by atoms with Crippen LogP contribution in [0.1, 0.15) is 25.7 Å². The molecule has 1 amide bonds. The summed E-state index contributed by atoms with van der Waals surface area (Å²) in [6, 6.07) is 0.0163. The van der Waals surface area contributed by atoms with Crippen LogP contribution < -0.4 is 10.6 Å². The Kier molecular flexibility index (Phi) is 3.34. The van der Waals surface area contributed by atoms with Crippen molar-refractivity contribution in [1.29, 1.82) is 0 Å². The van der Waals surface area contributed by atoms with Crippen LogP contribution in [0.4, 0.5) is 0 Å². The summed E-state index contributed by atoms with van der Waals surface area (Å²) in [5.41, 5.74) is 0. The molecule has 3 aliphatic rings. The molecule has 2 saturated heterocycles. The van der Waals surface area contributed by atoms with E-state index >= 15 is 0 Å². The fourth-order valence-electron chi connectivity index (χ4n) is 3.66. The lowest BCUT2D eigenvalue weighted by atomic mass is 9.78. The molecule has 2 bridgehead atoms. The van der Waals surface area contributed by atoms with Gasteiger partial charge in [0.05, 0.1) is 6.04 Å². The first-order chi connectivity index (χ1) is 8.33. The minimum atomic E-state index is 0.0163. The molecule has 1 saturated carbocycles. The van der Waals surface area contributed by atoms with E-state index in [1.807, 2.05) is 0 Å². The molecule has 4 heteroatoms. The second-order valence-electron chi connectivity index (χ2n) is 5.85. The van der Waals surface area contributed by atoms with Gasteiger partial charge in [0.15, 0.2) is 0 Å². The molecule has 0 spiro atoms. The number of nitrogens with one attached hydrogen (secondary N) is 2. The topological polar surface area (TPSA) is 44.4 Å². The maximum absolute atomic E-state index is 12.4. The second-order valence-corrected chi connectivity index (χ2v) is 5.85. The molecule has 2 aliphatic heterocycles. The maximum atomic E-state index is 12.4. The molecular weight excluding hydrogens is 214 g/mol. The standard InChI is InChI=1S/C13H23N3O/c17-13(12-7-14-4-5-15-12)16-8-10-2-1-3-11(6-10)9-16/h10-12,14-15H,1-9H2. The number of piperazine rings is 1. The fourth-order valence-corrected chi connectivity index (χ4v) is 3.66. The van der Waals surface area contributed by atoms with Crippen molar-refractivity contribution in [2.45, 2.75) is 31.7 Å². The smallest absolute Gasteiger partial charge is 0.241 e. The van der Waals surface area contributed by atoms with Gasteiger partial charge in [0.1, 0.15) is 0 Å². The van der Waals surface area contributed by atoms with Crippen molar-refractivity contribution in [1.82, 2.24) is 15.5 Å². The average Bonchev–Trinajstić information content (AvgIpc) is 2.38. The number of hydrogen-bond donors (Lipinski definition) is 2. The minimum Gasteiger partial charge on any atom is -0.341 e. The third-order valence-corrected chi connectivity index (χ3v) is 4.50. The molecule has 0 aromatic heterocycles. The van der Waals surface area contributed by atoms with Crippen LogP contribution in [0.3, 0.4) is 0 Å². The minimum absolute atomic E-state index is 0.0163. The number of hydrogen-bond acceptors (Lipinski definition) is 3. The summed E-state index contributed by atoms with van der Waals surface area (Å²) in [6.07, 6.45) is 5.40. The zero-order valence-corrected chi connectivity index (χ0v) is 10.5. The molecular formula is C13H23N3O. The van der Waals surface area contributed by atoms with Crippen LogP contribution in [-0.2, 0) is 4.79 Å². The Balaban J connectivity index is 1.61. The molecule has 2 N–H and O–H groups in total. The summed E-state index contributed by atoms with van der Waals surface area (Å²) in [5.74, 6) is 1.89. The van der Waals surface area contributed by atoms with E-state index in [1.54, 1.807) is 0 Å². The number of nitrogens with zero attached hydrogens (tertiary/aromatic N) is 1. The Morgan fingerprint density at radius 2 is 1.88 bits per heavy atom. The van der Waals surface area contributed by atoms with Gasteiger partial charge < -0.3 is 15.5 Å². The summed E-state index contributed by atoms with van der Waals surface area (Å²) >= 11 is 0. The number of carbonyl (C=O) groups excluding carboxylic acids is 1. The van der Waals surface area contributed by atoms with Crippen LogP contribution >= 0.6 is 0 Å². The molecule has 3 unspecified atom stereocenters. The molecule has 4 nitrogen and oxygen atoms in total. The van der Waals surface area contributed by atoms with Gasteiger partial charge >= 0.3 is 0 Å². The lowest BCUT2D eigenvalue weighted by Gasteiger charge is -2.43. The van der Waals surface area contributed by atoms with Crippen molar-refractivity contribution in [2.24, 2.45) is 11.8 Å². The first kappa shape index (κ1) is 11.5. The highest BCUT2D eigenvalue weighted by atomic mass is 16.2. The summed E-state index contributed by atoms with van der Waals surface area (Å²) in [5, 5.41) is 6.62. The van der Waals surface area contributed by atoms with E-state index in [1.165, 1.54) is 25.7 Å². The molecule has 17 heavy (non-hydrogen) atoms. The molecule has 0 aromatic rings. The van der Waals surface area contributed by atoms with Gasteiger partial charge in [-0.1, -0.05) is 6.42 Å². The lowest BCUT2D eigenvalue weighted by Crippen LogP contribution is -2.59. The van der Waals surface area contributed by atoms with Crippen LogP contribution in [0.25, 0.3) is 0 Å². The number of fused-ring (bicyclic) bond motifs is 2. The van der Waals surface area contributed by atoms with Gasteiger partial charge in [0, 0.05) is 32.7 Å². The van der Waals surface area contributed by atoms with E-state index in [0.29, 0.717) is 5.91 Å². The Bertz CT molecular complexity index is 276. The monoisotopic (exact) mass is 237 g/mol. The zero-order valence-electron chi connectivity index (χ0n) is 10.5. The maximum Gasteiger partial charge on any atom is 0.241 e. The average molecular weight is 237 g/mol. The largest absolute Gasteiger partial charge is 0.341 e. The van der Waals surface area contributed by atoms with Gasteiger partial charge in [-0.15, -0.1) is 0 Å². The number of piperidine rings is 1. The van der Waals surface area contributed by atoms with E-state index in [9.17, 15) is 4.79 Å². The van der Waals surface area contributed by atoms with Crippen molar-refractivity contribution >= 4 is 5.91 Å². The molecule has 0 aromatic carbocycles. The van der Waals surface area contributed by atoms with Crippen molar-refractivity contribution in [3.05, 3.63) is 0 Å². The molecule has 1 aliphatic carbocycles. The van der Waals surface area contributed by atoms with Crippen molar-refractivity contribution in [2.75, 3.05) is 32.7 Å². The first-order valence-electron chi connectivity index (χ1n) is 7.06. The highest BCUT2D eigenvalue weighted by molar-refractivity contribution is 5.82. The number of carbonyl (C=O) groups is 1. The van der Waals surface area contributed by atoms with Crippen LogP contribution in [0, 0.1) is 11.8 Å². The Labute approximate surface area is 103 Å². The predicted octanol–water partition coefficient (Wildman–Crippen LogP) is 0.196. The third kappa shape index (κ3) is 2.47. The van der Waals surface area contributed by atoms with Gasteiger partial charge in [-0.2, -0.15) is 0 Å². The van der Waals surface area contributed by atoms with Crippen molar-refractivity contribution in [3.63, 3.8) is 0 Å². The highest BCUT2D eigenvalue weighted by Crippen LogP contribution is 2.34. The number of rotatable bonds is 1. The summed E-state index contributed by atoms with van der Waals surface area (Å²) in [6.45, 7) is 4.71. The van der Waals surface area contributed by atoms with Gasteiger partial charge in [-0.3, -0.25) is 4.79 Å². The van der Waals surface area contributed by atoms with Crippen molar-refractivity contribution < 1.29 is 4.79 Å². The van der Waals surface area contributed by atoms with Gasteiger partial charge in [0.2, 0.25) is 5.91 Å². The summed E-state index contributed by atoms with van der Waals surface area (Å²) in [4.78, 5) is 14.5. The summed E-state index contributed by atoms with van der Waals surface area (Å²) in [7, 11) is 0. The Morgan fingerprint density at radius 1 is 1.12 bits per heavy atom. The van der Waals surface area contributed by atoms with E-state index < -0.39 is 0 Å². The molecule has 2 heterocycles. The lowest BCUT2D eigenvalue weighted by molar-refractivity contribution is -0.137. The van der Waals surface area contributed by atoms with Crippen LogP contribution in [0.15, 0.2) is 0 Å². The normalized spacial score (nSPS) is 37.9. The number of amides is 1. The van der Waals surface area contributed by atoms with Crippen LogP contribution in [-0.4, -0.2) is 49.6 Å². The van der Waals surface area contributed by atoms with E-state index in [4.69, 9.17) is 0 Å². The van der Waals surface area contributed by atoms with Gasteiger partial charge in [0.25, 0.3) is 0 Å².